The maximum absolute atomic E-state index is 11.4. The van der Waals surface area contributed by atoms with Crippen LogP contribution in [0.4, 0.5) is 52.7 Å². The van der Waals surface area contributed by atoms with E-state index in [1.54, 1.807) is 0 Å². The van der Waals surface area contributed by atoms with Gasteiger partial charge in [-0.05, 0) is 6.42 Å². The van der Waals surface area contributed by atoms with Crippen molar-refractivity contribution in [2.24, 2.45) is 0 Å². The van der Waals surface area contributed by atoms with Crippen LogP contribution in [0.15, 0.2) is 0 Å². The average molecular weight is 710 g/mol. The Kier molecular flexibility index (Phi) is 16.4. The summed E-state index contributed by atoms with van der Waals surface area (Å²) >= 11 is 0. The van der Waals surface area contributed by atoms with Gasteiger partial charge in [0.2, 0.25) is 0 Å². The number of alkyl halides is 12. The van der Waals surface area contributed by atoms with Gasteiger partial charge in [0.15, 0.2) is 40.1 Å². The zero-order chi connectivity index (χ0) is 32.9. The van der Waals surface area contributed by atoms with E-state index >= 15 is 0 Å². The Hall–Kier alpha value is -0.563. The van der Waals surface area contributed by atoms with Crippen molar-refractivity contribution in [1.82, 2.24) is 0 Å². The summed E-state index contributed by atoms with van der Waals surface area (Å²) in [5.41, 5.74) is -24.8. The van der Waals surface area contributed by atoms with Crippen molar-refractivity contribution in [3.63, 3.8) is 0 Å². The fraction of sp³-hybridized carbons (Fsp3) is 1.00. The molecule has 0 atom stereocenters. The molecule has 0 N–H and O–H groups in total. The minimum atomic E-state index is -6.72. The third kappa shape index (κ3) is 14.6. The first kappa shape index (κ1) is 44.9. The van der Waals surface area contributed by atoms with Gasteiger partial charge in [-0.25, -0.2) is 33.7 Å². The molecule has 0 unspecified atom stereocenters. The number of sulfonamides is 4. The molecule has 0 spiro atoms. The molecule has 1 heterocycles. The molecule has 0 aromatic rings. The van der Waals surface area contributed by atoms with Gasteiger partial charge in [0.05, 0.1) is 26.7 Å². The molecular weight excluding hydrogens is 689 g/mol. The Balaban J connectivity index is -0.000000532. The molecular formula is C13H20F12LiN3O8S4. The number of unbranched alkanes of at least 4 members (excludes halogenated alkanes) is 1. The Labute approximate surface area is 239 Å². The molecule has 0 aromatic heterocycles. The molecule has 244 valence electrons. The van der Waals surface area contributed by atoms with E-state index in [1.807, 2.05) is 0 Å². The molecule has 1 aliphatic heterocycles. The van der Waals surface area contributed by atoms with Crippen molar-refractivity contribution < 1.29 is 110 Å². The number of hydrogen-bond donors (Lipinski definition) is 0. The number of hydrogen-bond acceptors (Lipinski definition) is 8. The van der Waals surface area contributed by atoms with Gasteiger partial charge in [-0.2, -0.15) is 52.7 Å². The Morgan fingerprint density at radius 1 is 0.561 bits per heavy atom. The molecule has 28 heteroatoms. The smallest absolute Gasteiger partial charge is 0.421 e. The first-order valence-corrected chi connectivity index (χ1v) is 15.5. The van der Waals surface area contributed by atoms with Crippen LogP contribution in [0, 0.1) is 0 Å². The van der Waals surface area contributed by atoms with Crippen molar-refractivity contribution >= 4 is 40.1 Å². The molecule has 0 bridgehead atoms. The minimum absolute atomic E-state index is 0. The molecule has 1 aliphatic rings. The van der Waals surface area contributed by atoms with E-state index in [9.17, 15) is 86.4 Å². The molecule has 0 aromatic carbocycles. The van der Waals surface area contributed by atoms with Crippen LogP contribution in [0.2, 0.25) is 0 Å². The van der Waals surface area contributed by atoms with Crippen LogP contribution in [0.5, 0.6) is 0 Å². The molecule has 41 heavy (non-hydrogen) atoms. The average Bonchev–Trinajstić information content (AvgIpc) is 3.09. The van der Waals surface area contributed by atoms with Gasteiger partial charge in [-0.1, -0.05) is 13.3 Å². The molecule has 0 amide bonds. The predicted molar refractivity (Wildman–Crippen MR) is 112 cm³/mol. The first-order chi connectivity index (χ1) is 17.2. The van der Waals surface area contributed by atoms with E-state index in [-0.39, 0.29) is 18.9 Å². The first-order valence-electron chi connectivity index (χ1n) is 9.75. The van der Waals surface area contributed by atoms with Gasteiger partial charge in [0, 0.05) is 12.8 Å². The molecule has 1 fully saturated rings. The van der Waals surface area contributed by atoms with Gasteiger partial charge >= 0.3 is 40.9 Å². The summed E-state index contributed by atoms with van der Waals surface area (Å²) in [4.78, 5) is 0. The largest absolute Gasteiger partial charge is 1.00 e. The second kappa shape index (κ2) is 14.9. The summed E-state index contributed by atoms with van der Waals surface area (Å²) in [5.74, 6) is 0. The SMILES string of the molecule is CCCC[N+]1(C)CCCC1.O=S(=O)([N-]S(=O)(=O)C(F)(F)F)C(F)(F)F.O=S(=O)([N-]S(=O)(=O)C(F)(F)F)C(F)(F)F.[Li+]. The zero-order valence-electron chi connectivity index (χ0n) is 20.7. The number of nitrogens with zero attached hydrogens (tertiary/aromatic N) is 3. The molecule has 0 aliphatic carbocycles. The van der Waals surface area contributed by atoms with Crippen molar-refractivity contribution in [2.45, 2.75) is 54.6 Å². The van der Waals surface area contributed by atoms with Crippen LogP contribution in [0.25, 0.3) is 8.25 Å². The van der Waals surface area contributed by atoms with Crippen molar-refractivity contribution in [3.05, 3.63) is 8.25 Å². The molecule has 11 nitrogen and oxygen atoms in total. The summed E-state index contributed by atoms with van der Waals surface area (Å²) in [5, 5.41) is 0. The summed E-state index contributed by atoms with van der Waals surface area (Å²) in [6.45, 7) is 6.55. The maximum atomic E-state index is 11.4. The minimum Gasteiger partial charge on any atom is -0.421 e. The second-order valence-electron chi connectivity index (χ2n) is 7.68. The van der Waals surface area contributed by atoms with E-state index in [0.29, 0.717) is 0 Å². The quantitative estimate of drug-likeness (QED) is 0.216. The van der Waals surface area contributed by atoms with Crippen LogP contribution < -0.4 is 18.9 Å². The van der Waals surface area contributed by atoms with E-state index in [4.69, 9.17) is 0 Å². The van der Waals surface area contributed by atoms with E-state index in [1.165, 1.54) is 49.8 Å². The summed E-state index contributed by atoms with van der Waals surface area (Å²) in [6.07, 6.45) is 5.69. The monoisotopic (exact) mass is 709 g/mol. The van der Waals surface area contributed by atoms with Gasteiger partial charge < -0.3 is 12.7 Å². The number of likely N-dealkylation sites (tertiary alicyclic amines) is 1. The topological polar surface area (TPSA) is 165 Å². The van der Waals surface area contributed by atoms with Gasteiger partial charge in [-0.15, -0.1) is 0 Å². The fourth-order valence-corrected chi connectivity index (χ4v) is 5.71. The van der Waals surface area contributed by atoms with Crippen LogP contribution in [0.3, 0.4) is 0 Å². The Bertz CT molecular complexity index is 1080. The second-order valence-corrected chi connectivity index (χ2v) is 14.5. The number of quaternary nitrogens is 1. The summed E-state index contributed by atoms with van der Waals surface area (Å²) in [6, 6.07) is 0. The third-order valence-electron chi connectivity index (χ3n) is 4.26. The third-order valence-corrected chi connectivity index (χ3v) is 9.74. The predicted octanol–water partition coefficient (Wildman–Crippen LogP) is 1.15. The van der Waals surface area contributed by atoms with Gasteiger partial charge in [-0.3, -0.25) is 0 Å². The normalized spacial score (nSPS) is 16.9. The maximum Gasteiger partial charge on any atom is 1.00 e. The standard InChI is InChI=1S/C9H20N.2C2F6NO4S2.Li/c1-3-4-7-10(2)8-5-6-9-10;2*3-1(4,5)14(10,11)9-15(12,13)2(6,7)8;/h3-9H2,1-2H3;;;/q+1;2*-1;+1. The Morgan fingerprint density at radius 3 is 0.951 bits per heavy atom. The molecule has 0 radical (unpaired) electrons. The van der Waals surface area contributed by atoms with E-state index in [0.717, 1.165) is 8.25 Å². The van der Waals surface area contributed by atoms with Crippen LogP contribution in [-0.2, 0) is 40.1 Å². The van der Waals surface area contributed by atoms with E-state index < -0.39 is 62.1 Å². The number of halogens is 12. The van der Waals surface area contributed by atoms with Gasteiger partial charge in [0.25, 0.3) is 0 Å². The van der Waals surface area contributed by atoms with Gasteiger partial charge in [0.1, 0.15) is 0 Å². The summed E-state index contributed by atoms with van der Waals surface area (Å²) < 4.78 is 220. The van der Waals surface area contributed by atoms with Crippen LogP contribution in [0.1, 0.15) is 32.6 Å². The molecule has 1 saturated heterocycles. The zero-order valence-corrected chi connectivity index (χ0v) is 24.0. The summed E-state index contributed by atoms with van der Waals surface area (Å²) in [7, 11) is -24.5. The Morgan fingerprint density at radius 2 is 0.780 bits per heavy atom. The van der Waals surface area contributed by atoms with E-state index in [2.05, 4.69) is 14.0 Å². The van der Waals surface area contributed by atoms with Crippen LogP contribution in [-0.4, -0.2) is 86.9 Å². The fourth-order valence-electron chi connectivity index (χ4n) is 2.29. The number of rotatable bonds is 7. The van der Waals surface area contributed by atoms with Crippen molar-refractivity contribution in [3.8, 4) is 0 Å². The van der Waals surface area contributed by atoms with Crippen molar-refractivity contribution in [1.29, 1.82) is 0 Å². The molecule has 1 rings (SSSR count). The molecule has 0 saturated carbocycles. The van der Waals surface area contributed by atoms with Crippen molar-refractivity contribution in [2.75, 3.05) is 26.7 Å². The van der Waals surface area contributed by atoms with Crippen LogP contribution >= 0.6 is 0 Å².